The van der Waals surface area contributed by atoms with Crippen molar-refractivity contribution in [2.45, 2.75) is 46.1 Å². The number of benzene rings is 1. The van der Waals surface area contributed by atoms with E-state index < -0.39 is 0 Å². The Morgan fingerprint density at radius 1 is 1.00 bits per heavy atom. The number of unbranched alkanes of at least 4 members (excludes halogenated alkanes) is 2. The summed E-state index contributed by atoms with van der Waals surface area (Å²) in [6.07, 6.45) is 6.53. The molecule has 1 aromatic carbocycles. The van der Waals surface area contributed by atoms with Gasteiger partial charge in [0.1, 0.15) is 17.7 Å². The lowest BCUT2D eigenvalue weighted by Gasteiger charge is -2.22. The zero-order chi connectivity index (χ0) is 16.2. The van der Waals surface area contributed by atoms with Gasteiger partial charge in [-0.25, -0.2) is 0 Å². The van der Waals surface area contributed by atoms with Crippen LogP contribution in [0.15, 0.2) is 29.8 Å². The molecule has 0 amide bonds. The quantitative estimate of drug-likeness (QED) is 0.629. The maximum Gasteiger partial charge on any atom is 0.130 e. The Balaban J connectivity index is 2.70. The topological polar surface area (TPSA) is 50.8 Å². The fraction of sp³-hybridized carbons (Fsp3) is 0.474. The van der Waals surface area contributed by atoms with Crippen molar-refractivity contribution in [3.8, 4) is 12.1 Å². The molecule has 1 rings (SSSR count). The molecule has 0 aliphatic rings. The maximum absolute atomic E-state index is 8.78. The monoisotopic (exact) mass is 295 g/mol. The first-order valence-corrected chi connectivity index (χ1v) is 8.06. The van der Waals surface area contributed by atoms with Crippen molar-refractivity contribution in [2.75, 3.05) is 13.1 Å². The Labute approximate surface area is 134 Å². The Bertz CT molecular complexity index is 520. The van der Waals surface area contributed by atoms with Crippen molar-refractivity contribution in [3.63, 3.8) is 0 Å². The lowest BCUT2D eigenvalue weighted by atomic mass is 10.1. The predicted octanol–water partition coefficient (Wildman–Crippen LogP) is 4.52. The van der Waals surface area contributed by atoms with Gasteiger partial charge in [-0.2, -0.15) is 10.5 Å². The molecule has 0 aliphatic heterocycles. The van der Waals surface area contributed by atoms with Crippen molar-refractivity contribution < 1.29 is 0 Å². The van der Waals surface area contributed by atoms with Gasteiger partial charge in [0.15, 0.2) is 0 Å². The molecule has 0 aliphatic carbocycles. The number of nitriles is 2. The van der Waals surface area contributed by atoms with Crippen molar-refractivity contribution in [2.24, 2.45) is 0 Å². The molecule has 0 N–H and O–H groups in total. The highest BCUT2D eigenvalue weighted by Gasteiger charge is 2.05. The smallest absolute Gasteiger partial charge is 0.130 e. The molecular formula is C19H25N3. The van der Waals surface area contributed by atoms with Crippen LogP contribution in [0.3, 0.4) is 0 Å². The highest BCUT2D eigenvalue weighted by Crippen LogP contribution is 2.12. The summed E-state index contributed by atoms with van der Waals surface area (Å²) >= 11 is 0. The third kappa shape index (κ3) is 6.57. The van der Waals surface area contributed by atoms with E-state index >= 15 is 0 Å². The molecular weight excluding hydrogens is 270 g/mol. The molecule has 0 saturated heterocycles. The van der Waals surface area contributed by atoms with E-state index in [2.05, 4.69) is 30.9 Å². The standard InChI is InChI=1S/C19H25N3/c1-3-5-11-22(12-6-4-2)16-18-9-7-17(8-10-18)13-19(14-20)15-21/h7-10,13H,3-6,11-12,16H2,1-2H3. The van der Waals surface area contributed by atoms with Gasteiger partial charge >= 0.3 is 0 Å². The largest absolute Gasteiger partial charge is 0.299 e. The summed E-state index contributed by atoms with van der Waals surface area (Å²) in [6, 6.07) is 11.9. The summed E-state index contributed by atoms with van der Waals surface area (Å²) in [5.41, 5.74) is 2.32. The number of hydrogen-bond acceptors (Lipinski definition) is 3. The first-order valence-electron chi connectivity index (χ1n) is 8.06. The summed E-state index contributed by atoms with van der Waals surface area (Å²) in [4.78, 5) is 2.51. The summed E-state index contributed by atoms with van der Waals surface area (Å²) in [6.45, 7) is 7.70. The number of rotatable bonds is 9. The first kappa shape index (κ1) is 18.0. The highest BCUT2D eigenvalue weighted by atomic mass is 15.1. The maximum atomic E-state index is 8.78. The molecule has 0 bridgehead atoms. The van der Waals surface area contributed by atoms with Gasteiger partial charge in [-0.15, -0.1) is 0 Å². The van der Waals surface area contributed by atoms with E-state index in [1.807, 2.05) is 24.3 Å². The van der Waals surface area contributed by atoms with E-state index in [1.165, 1.54) is 31.2 Å². The molecule has 0 unspecified atom stereocenters. The Morgan fingerprint density at radius 3 is 2.00 bits per heavy atom. The lowest BCUT2D eigenvalue weighted by Crippen LogP contribution is -2.25. The molecule has 0 aromatic heterocycles. The highest BCUT2D eigenvalue weighted by molar-refractivity contribution is 5.61. The van der Waals surface area contributed by atoms with E-state index in [-0.39, 0.29) is 5.57 Å². The summed E-state index contributed by atoms with van der Waals surface area (Å²) < 4.78 is 0. The van der Waals surface area contributed by atoms with Crippen molar-refractivity contribution in [3.05, 3.63) is 41.0 Å². The number of hydrogen-bond donors (Lipinski definition) is 0. The van der Waals surface area contributed by atoms with E-state index in [9.17, 15) is 0 Å². The van der Waals surface area contributed by atoms with Crippen LogP contribution in [-0.2, 0) is 6.54 Å². The molecule has 0 fully saturated rings. The zero-order valence-electron chi connectivity index (χ0n) is 13.7. The second-order valence-corrected chi connectivity index (χ2v) is 5.51. The average Bonchev–Trinajstić information content (AvgIpc) is 2.56. The van der Waals surface area contributed by atoms with Gasteiger partial charge in [0.05, 0.1) is 0 Å². The van der Waals surface area contributed by atoms with Gasteiger partial charge in [-0.1, -0.05) is 51.0 Å². The third-order valence-corrected chi connectivity index (χ3v) is 3.59. The zero-order valence-corrected chi connectivity index (χ0v) is 13.7. The van der Waals surface area contributed by atoms with Crippen LogP contribution in [0.25, 0.3) is 6.08 Å². The van der Waals surface area contributed by atoms with Crippen molar-refractivity contribution in [1.29, 1.82) is 10.5 Å². The molecule has 0 heterocycles. The first-order chi connectivity index (χ1) is 10.7. The second-order valence-electron chi connectivity index (χ2n) is 5.51. The minimum Gasteiger partial charge on any atom is -0.299 e. The van der Waals surface area contributed by atoms with Crippen LogP contribution < -0.4 is 0 Å². The lowest BCUT2D eigenvalue weighted by molar-refractivity contribution is 0.257. The van der Waals surface area contributed by atoms with Gasteiger partial charge in [-0.05, 0) is 43.1 Å². The van der Waals surface area contributed by atoms with Crippen molar-refractivity contribution in [1.82, 2.24) is 4.90 Å². The van der Waals surface area contributed by atoms with Gasteiger partial charge in [0, 0.05) is 6.54 Å². The molecule has 0 spiro atoms. The predicted molar refractivity (Wildman–Crippen MR) is 90.7 cm³/mol. The molecule has 0 atom stereocenters. The minimum atomic E-state index is 0.139. The van der Waals surface area contributed by atoms with Gasteiger partial charge in [0.2, 0.25) is 0 Å². The molecule has 3 heteroatoms. The Kier molecular flexibility index (Phi) is 8.65. The molecule has 0 radical (unpaired) electrons. The van der Waals surface area contributed by atoms with Crippen molar-refractivity contribution >= 4 is 6.08 Å². The van der Waals surface area contributed by atoms with Crippen LogP contribution >= 0.6 is 0 Å². The Morgan fingerprint density at radius 2 is 1.55 bits per heavy atom. The fourth-order valence-electron chi connectivity index (χ4n) is 2.27. The summed E-state index contributed by atoms with van der Waals surface area (Å²) in [5, 5.41) is 17.6. The fourth-order valence-corrected chi connectivity index (χ4v) is 2.27. The van der Waals surface area contributed by atoms with E-state index in [0.29, 0.717) is 0 Å². The van der Waals surface area contributed by atoms with E-state index in [1.54, 1.807) is 6.08 Å². The van der Waals surface area contributed by atoms with E-state index in [0.717, 1.165) is 25.2 Å². The second kappa shape index (κ2) is 10.6. The third-order valence-electron chi connectivity index (χ3n) is 3.59. The number of allylic oxidation sites excluding steroid dienone is 1. The van der Waals surface area contributed by atoms with Crippen LogP contribution in [0.4, 0.5) is 0 Å². The number of nitrogens with zero attached hydrogens (tertiary/aromatic N) is 3. The summed E-state index contributed by atoms with van der Waals surface area (Å²) in [7, 11) is 0. The van der Waals surface area contributed by atoms with Crippen LogP contribution in [0, 0.1) is 22.7 Å². The molecule has 0 saturated carbocycles. The average molecular weight is 295 g/mol. The molecule has 1 aromatic rings. The van der Waals surface area contributed by atoms with Crippen LogP contribution in [0.2, 0.25) is 0 Å². The summed E-state index contributed by atoms with van der Waals surface area (Å²) in [5.74, 6) is 0. The van der Waals surface area contributed by atoms with Crippen LogP contribution in [0.5, 0.6) is 0 Å². The van der Waals surface area contributed by atoms with Gasteiger partial charge < -0.3 is 0 Å². The molecule has 3 nitrogen and oxygen atoms in total. The van der Waals surface area contributed by atoms with Gasteiger partial charge in [-0.3, -0.25) is 4.90 Å². The molecule has 116 valence electrons. The van der Waals surface area contributed by atoms with Gasteiger partial charge in [0.25, 0.3) is 0 Å². The Hall–Kier alpha value is -2.10. The van der Waals surface area contributed by atoms with Crippen LogP contribution in [-0.4, -0.2) is 18.0 Å². The van der Waals surface area contributed by atoms with Crippen LogP contribution in [0.1, 0.15) is 50.7 Å². The minimum absolute atomic E-state index is 0.139. The SMILES string of the molecule is CCCCN(CCCC)Cc1ccc(C=C(C#N)C#N)cc1. The normalized spacial score (nSPS) is 10.0. The molecule has 22 heavy (non-hydrogen) atoms. The van der Waals surface area contributed by atoms with E-state index in [4.69, 9.17) is 10.5 Å².